The van der Waals surface area contributed by atoms with Crippen molar-refractivity contribution in [1.82, 2.24) is 19.5 Å². The van der Waals surface area contributed by atoms with Crippen LogP contribution < -0.4 is 15.9 Å². The van der Waals surface area contributed by atoms with E-state index in [4.69, 9.17) is 14.1 Å². The van der Waals surface area contributed by atoms with Crippen molar-refractivity contribution in [3.8, 4) is 11.4 Å². The number of ether oxygens (including phenoxy) is 1. The van der Waals surface area contributed by atoms with E-state index in [9.17, 15) is 9.59 Å². The molecular formula is C26H18N4O4S. The number of H-pyrrole nitrogens is 1. The van der Waals surface area contributed by atoms with Gasteiger partial charge in [-0.05, 0) is 48.5 Å². The van der Waals surface area contributed by atoms with Crippen LogP contribution in [0.1, 0.15) is 5.82 Å². The van der Waals surface area contributed by atoms with E-state index < -0.39 is 0 Å². The molecule has 3 aromatic heterocycles. The maximum atomic E-state index is 13.4. The smallest absolute Gasteiger partial charge is 0.294 e. The van der Waals surface area contributed by atoms with Crippen LogP contribution in [0, 0.1) is 0 Å². The van der Waals surface area contributed by atoms with Crippen LogP contribution in [-0.4, -0.2) is 26.6 Å². The average Bonchev–Trinajstić information content (AvgIpc) is 3.27. The Kier molecular flexibility index (Phi) is 5.11. The molecule has 1 N–H and O–H groups in total. The Hall–Kier alpha value is -4.37. The van der Waals surface area contributed by atoms with Crippen molar-refractivity contribution in [2.45, 2.75) is 10.9 Å². The topological polar surface area (TPSA) is 103 Å². The van der Waals surface area contributed by atoms with E-state index in [1.807, 2.05) is 48.5 Å². The fourth-order valence-electron chi connectivity index (χ4n) is 4.02. The van der Waals surface area contributed by atoms with E-state index in [2.05, 4.69) is 9.97 Å². The predicted octanol–water partition coefficient (Wildman–Crippen LogP) is 4.67. The first-order valence-corrected chi connectivity index (χ1v) is 11.8. The summed E-state index contributed by atoms with van der Waals surface area (Å²) in [4.78, 5) is 38.3. The first-order chi connectivity index (χ1) is 17.1. The molecule has 0 amide bonds. The second-order valence-electron chi connectivity index (χ2n) is 7.83. The standard InChI is InChI=1S/C26H18N4O4S/c1-33-16-12-10-15(11-13-16)30-25(32)17-6-2-4-8-19(17)27-26(30)35-14-21-28-22-18-7-3-5-9-20(18)34-23(22)24(31)29-21/h2-13H,14H2,1H3,(H,28,29,31). The number of aromatic amines is 1. The molecule has 172 valence electrons. The Morgan fingerprint density at radius 2 is 1.69 bits per heavy atom. The number of hydrogen-bond donors (Lipinski definition) is 1. The van der Waals surface area contributed by atoms with Gasteiger partial charge in [0.05, 0.1) is 29.5 Å². The van der Waals surface area contributed by atoms with Gasteiger partial charge in [0.1, 0.15) is 22.7 Å². The van der Waals surface area contributed by atoms with Gasteiger partial charge in [-0.2, -0.15) is 0 Å². The van der Waals surface area contributed by atoms with Crippen molar-refractivity contribution in [3.05, 3.63) is 99.3 Å². The molecule has 6 aromatic rings. The molecule has 8 nitrogen and oxygen atoms in total. The maximum absolute atomic E-state index is 13.4. The summed E-state index contributed by atoms with van der Waals surface area (Å²) in [5, 5.41) is 1.78. The van der Waals surface area contributed by atoms with Gasteiger partial charge in [-0.25, -0.2) is 9.97 Å². The number of furan rings is 1. The minimum atomic E-state index is -0.346. The molecule has 0 aliphatic carbocycles. The third kappa shape index (κ3) is 3.66. The van der Waals surface area contributed by atoms with Gasteiger partial charge in [0, 0.05) is 5.39 Å². The molecule has 0 fully saturated rings. The summed E-state index contributed by atoms with van der Waals surface area (Å²) in [7, 11) is 1.59. The molecule has 0 aliphatic heterocycles. The van der Waals surface area contributed by atoms with E-state index in [1.54, 1.807) is 35.9 Å². The quantitative estimate of drug-likeness (QED) is 0.281. The van der Waals surface area contributed by atoms with Crippen molar-refractivity contribution in [2.24, 2.45) is 0 Å². The van der Waals surface area contributed by atoms with Crippen LogP contribution in [0.5, 0.6) is 5.75 Å². The van der Waals surface area contributed by atoms with Crippen molar-refractivity contribution < 1.29 is 9.15 Å². The Balaban J connectivity index is 1.45. The van der Waals surface area contributed by atoms with Crippen LogP contribution in [0.15, 0.2) is 92.0 Å². The summed E-state index contributed by atoms with van der Waals surface area (Å²) in [6.45, 7) is 0. The number of methoxy groups -OCH3 is 1. The second kappa shape index (κ2) is 8.44. The molecule has 35 heavy (non-hydrogen) atoms. The first kappa shape index (κ1) is 21.2. The highest BCUT2D eigenvalue weighted by atomic mass is 32.2. The van der Waals surface area contributed by atoms with Crippen molar-refractivity contribution in [2.75, 3.05) is 7.11 Å². The molecule has 0 radical (unpaired) electrons. The minimum Gasteiger partial charge on any atom is -0.497 e. The summed E-state index contributed by atoms with van der Waals surface area (Å²) < 4.78 is 12.5. The number of nitrogens with zero attached hydrogens (tertiary/aromatic N) is 3. The van der Waals surface area contributed by atoms with Crippen molar-refractivity contribution in [3.63, 3.8) is 0 Å². The van der Waals surface area contributed by atoms with Crippen LogP contribution in [-0.2, 0) is 5.75 Å². The number of benzene rings is 3. The number of rotatable bonds is 5. The lowest BCUT2D eigenvalue weighted by Gasteiger charge is -2.13. The Bertz CT molecular complexity index is 1840. The highest BCUT2D eigenvalue weighted by molar-refractivity contribution is 7.98. The molecule has 3 aromatic carbocycles. The third-order valence-corrected chi connectivity index (χ3v) is 6.64. The van der Waals surface area contributed by atoms with E-state index in [0.29, 0.717) is 50.2 Å². The molecule has 0 saturated carbocycles. The van der Waals surface area contributed by atoms with Gasteiger partial charge >= 0.3 is 0 Å². The van der Waals surface area contributed by atoms with Gasteiger partial charge in [-0.15, -0.1) is 0 Å². The number of hydrogen-bond acceptors (Lipinski definition) is 7. The van der Waals surface area contributed by atoms with Crippen LogP contribution in [0.4, 0.5) is 0 Å². The number of nitrogens with one attached hydrogen (secondary N) is 1. The molecule has 0 atom stereocenters. The van der Waals surface area contributed by atoms with Crippen LogP contribution in [0.2, 0.25) is 0 Å². The molecule has 0 aliphatic rings. The fourth-order valence-corrected chi connectivity index (χ4v) is 4.90. The second-order valence-corrected chi connectivity index (χ2v) is 8.77. The van der Waals surface area contributed by atoms with Crippen LogP contribution in [0.25, 0.3) is 38.7 Å². The van der Waals surface area contributed by atoms with Gasteiger partial charge in [-0.3, -0.25) is 14.2 Å². The first-order valence-electron chi connectivity index (χ1n) is 10.8. The van der Waals surface area contributed by atoms with Crippen LogP contribution in [0.3, 0.4) is 0 Å². The molecule has 6 rings (SSSR count). The number of para-hydroxylation sites is 2. The minimum absolute atomic E-state index is 0.180. The zero-order valence-corrected chi connectivity index (χ0v) is 19.3. The average molecular weight is 483 g/mol. The number of aromatic nitrogens is 4. The molecule has 9 heteroatoms. The largest absolute Gasteiger partial charge is 0.497 e. The van der Waals surface area contributed by atoms with Gasteiger partial charge in [0.25, 0.3) is 11.1 Å². The van der Waals surface area contributed by atoms with Gasteiger partial charge in [0.15, 0.2) is 5.16 Å². The van der Waals surface area contributed by atoms with E-state index in [0.717, 1.165) is 5.39 Å². The van der Waals surface area contributed by atoms with Crippen molar-refractivity contribution in [1.29, 1.82) is 0 Å². The molecule has 0 spiro atoms. The maximum Gasteiger partial charge on any atom is 0.294 e. The monoisotopic (exact) mass is 482 g/mol. The summed E-state index contributed by atoms with van der Waals surface area (Å²) in [6.07, 6.45) is 0. The van der Waals surface area contributed by atoms with E-state index in [-0.39, 0.29) is 16.7 Å². The lowest BCUT2D eigenvalue weighted by Crippen LogP contribution is -2.22. The zero-order chi connectivity index (χ0) is 23.9. The lowest BCUT2D eigenvalue weighted by atomic mass is 10.2. The summed E-state index contributed by atoms with van der Waals surface area (Å²) in [5.74, 6) is 1.45. The van der Waals surface area contributed by atoms with Gasteiger partial charge < -0.3 is 14.1 Å². The highest BCUT2D eigenvalue weighted by Crippen LogP contribution is 2.27. The highest BCUT2D eigenvalue weighted by Gasteiger charge is 2.16. The Labute approximate surface area is 202 Å². The molecule has 0 saturated heterocycles. The zero-order valence-electron chi connectivity index (χ0n) is 18.5. The SMILES string of the molecule is COc1ccc(-n2c(SCc3nc4c(oc5ccccc54)c(=O)[nH]3)nc3ccccc3c2=O)cc1. The molecule has 0 unspecified atom stereocenters. The number of thioether (sulfide) groups is 1. The lowest BCUT2D eigenvalue weighted by molar-refractivity contribution is 0.414. The van der Waals surface area contributed by atoms with Crippen LogP contribution >= 0.6 is 11.8 Å². The third-order valence-electron chi connectivity index (χ3n) is 5.69. The molecular weight excluding hydrogens is 464 g/mol. The van der Waals surface area contributed by atoms with E-state index >= 15 is 0 Å². The Morgan fingerprint density at radius 3 is 2.49 bits per heavy atom. The Morgan fingerprint density at radius 1 is 0.943 bits per heavy atom. The molecule has 0 bridgehead atoms. The summed E-state index contributed by atoms with van der Waals surface area (Å²) in [5.41, 5.74) is 2.05. The van der Waals surface area contributed by atoms with Gasteiger partial charge in [-0.1, -0.05) is 36.0 Å². The normalized spacial score (nSPS) is 11.5. The summed E-state index contributed by atoms with van der Waals surface area (Å²) in [6, 6.07) is 21.8. The predicted molar refractivity (Wildman–Crippen MR) is 136 cm³/mol. The van der Waals surface area contributed by atoms with Gasteiger partial charge in [0.2, 0.25) is 5.58 Å². The fraction of sp³-hybridized carbons (Fsp3) is 0.0769. The number of fused-ring (bicyclic) bond motifs is 4. The summed E-state index contributed by atoms with van der Waals surface area (Å²) >= 11 is 1.32. The van der Waals surface area contributed by atoms with Crippen molar-refractivity contribution >= 4 is 44.7 Å². The molecule has 3 heterocycles. The van der Waals surface area contributed by atoms with E-state index in [1.165, 1.54) is 11.8 Å².